The second kappa shape index (κ2) is 7.37. The van der Waals surface area contributed by atoms with Crippen molar-refractivity contribution in [3.8, 4) is 0 Å². The second-order valence-corrected chi connectivity index (χ2v) is 5.94. The average Bonchev–Trinajstić information content (AvgIpc) is 3.02. The Bertz CT molecular complexity index is 708. The lowest BCUT2D eigenvalue weighted by Gasteiger charge is -2.17. The number of nitro benzene ring substituents is 1. The third-order valence-electron chi connectivity index (χ3n) is 4.21. The summed E-state index contributed by atoms with van der Waals surface area (Å²) in [6, 6.07) is 11.0. The molecule has 0 saturated carbocycles. The molecule has 1 fully saturated rings. The molecule has 1 aliphatic rings. The van der Waals surface area contributed by atoms with Gasteiger partial charge in [0.05, 0.1) is 22.8 Å². The van der Waals surface area contributed by atoms with Crippen LogP contribution >= 0.6 is 0 Å². The molecular weight excluding hydrogens is 308 g/mol. The fraction of sp³-hybridized carbons (Fsp3) is 0.353. The maximum absolute atomic E-state index is 11.1. The lowest BCUT2D eigenvalue weighted by atomic mass is 10.1. The van der Waals surface area contributed by atoms with Crippen molar-refractivity contribution < 1.29 is 10.0 Å². The monoisotopic (exact) mass is 328 g/mol. The van der Waals surface area contributed by atoms with E-state index in [1.807, 2.05) is 18.2 Å². The third-order valence-corrected chi connectivity index (χ3v) is 4.21. The van der Waals surface area contributed by atoms with E-state index < -0.39 is 4.92 Å². The number of aliphatic hydroxyl groups is 1. The molecule has 0 amide bonds. The summed E-state index contributed by atoms with van der Waals surface area (Å²) in [7, 11) is 0. The number of benzene rings is 1. The van der Waals surface area contributed by atoms with Crippen molar-refractivity contribution >= 4 is 11.4 Å². The minimum absolute atomic E-state index is 0.0501. The molecule has 2 heterocycles. The van der Waals surface area contributed by atoms with Crippen LogP contribution in [0.2, 0.25) is 0 Å². The van der Waals surface area contributed by atoms with Gasteiger partial charge in [0.15, 0.2) is 0 Å². The van der Waals surface area contributed by atoms with Crippen LogP contribution in [0.1, 0.15) is 17.7 Å². The Morgan fingerprint density at radius 2 is 2.25 bits per heavy atom. The van der Waals surface area contributed by atoms with Crippen LogP contribution in [-0.2, 0) is 13.2 Å². The van der Waals surface area contributed by atoms with Crippen molar-refractivity contribution in [2.24, 2.45) is 0 Å². The summed E-state index contributed by atoms with van der Waals surface area (Å²) in [5.41, 5.74) is 2.03. The molecular formula is C17H20N4O3. The van der Waals surface area contributed by atoms with Gasteiger partial charge in [0.2, 0.25) is 0 Å². The molecule has 126 valence electrons. The zero-order valence-corrected chi connectivity index (χ0v) is 13.3. The van der Waals surface area contributed by atoms with Crippen LogP contribution < -0.4 is 5.32 Å². The van der Waals surface area contributed by atoms with E-state index in [0.717, 1.165) is 31.7 Å². The largest absolute Gasteiger partial charge is 0.391 e. The number of nitro groups is 1. The molecule has 2 aromatic rings. The number of hydrogen-bond acceptors (Lipinski definition) is 6. The first kappa shape index (κ1) is 16.4. The molecule has 0 aliphatic carbocycles. The van der Waals surface area contributed by atoms with E-state index in [-0.39, 0.29) is 18.3 Å². The van der Waals surface area contributed by atoms with E-state index in [2.05, 4.69) is 15.2 Å². The second-order valence-electron chi connectivity index (χ2n) is 5.94. The highest BCUT2D eigenvalue weighted by Gasteiger charge is 2.23. The van der Waals surface area contributed by atoms with Gasteiger partial charge >= 0.3 is 0 Å². The molecule has 7 nitrogen and oxygen atoms in total. The molecule has 1 aliphatic heterocycles. The molecule has 24 heavy (non-hydrogen) atoms. The Hall–Kier alpha value is -2.51. The first-order valence-corrected chi connectivity index (χ1v) is 7.92. The number of likely N-dealkylation sites (tertiary alicyclic amines) is 1. The molecule has 7 heteroatoms. The van der Waals surface area contributed by atoms with Crippen molar-refractivity contribution in [2.75, 3.05) is 18.4 Å². The number of nitrogens with zero attached hydrogens (tertiary/aromatic N) is 3. The highest BCUT2D eigenvalue weighted by atomic mass is 16.6. The fourth-order valence-electron chi connectivity index (χ4n) is 3.01. The maximum atomic E-state index is 11.1. The topological polar surface area (TPSA) is 91.5 Å². The average molecular weight is 328 g/mol. The lowest BCUT2D eigenvalue weighted by Crippen LogP contribution is -2.26. The number of pyridine rings is 1. The Morgan fingerprint density at radius 1 is 1.38 bits per heavy atom. The van der Waals surface area contributed by atoms with Crippen molar-refractivity contribution in [1.82, 2.24) is 9.88 Å². The molecule has 1 aromatic carbocycles. The molecule has 1 saturated heterocycles. The Kier molecular flexibility index (Phi) is 5.02. The standard InChI is InChI=1S/C17H20N4O3/c22-12-13-4-5-14(9-17(13)21(23)24)19-16-6-8-20(11-16)10-15-3-1-2-7-18-15/h1-5,7,9,16,19,22H,6,8,10-12H2. The highest BCUT2D eigenvalue weighted by Crippen LogP contribution is 2.25. The zero-order valence-electron chi connectivity index (χ0n) is 13.3. The third kappa shape index (κ3) is 3.87. The zero-order chi connectivity index (χ0) is 16.9. The minimum atomic E-state index is -0.460. The van der Waals surface area contributed by atoms with Crippen LogP contribution in [0.25, 0.3) is 0 Å². The van der Waals surface area contributed by atoms with Gasteiger partial charge in [-0.2, -0.15) is 0 Å². The summed E-state index contributed by atoms with van der Waals surface area (Å²) in [4.78, 5) is 17.3. The van der Waals surface area contributed by atoms with Crippen LogP contribution in [0, 0.1) is 10.1 Å². The maximum Gasteiger partial charge on any atom is 0.276 e. The van der Waals surface area contributed by atoms with Crippen molar-refractivity contribution in [3.05, 3.63) is 64.0 Å². The summed E-state index contributed by atoms with van der Waals surface area (Å²) < 4.78 is 0. The van der Waals surface area contributed by atoms with Crippen LogP contribution in [0.4, 0.5) is 11.4 Å². The predicted molar refractivity (Wildman–Crippen MR) is 90.6 cm³/mol. The van der Waals surface area contributed by atoms with E-state index in [4.69, 9.17) is 0 Å². The SMILES string of the molecule is O=[N+]([O-])c1cc(NC2CCN(Cc3ccccn3)C2)ccc1CO. The number of nitrogens with one attached hydrogen (secondary N) is 1. The number of anilines is 1. The van der Waals surface area contributed by atoms with E-state index in [9.17, 15) is 15.2 Å². The summed E-state index contributed by atoms with van der Waals surface area (Å²) in [6.07, 6.45) is 2.77. The normalized spacial score (nSPS) is 17.8. The molecule has 1 atom stereocenters. The van der Waals surface area contributed by atoms with E-state index in [1.165, 1.54) is 6.07 Å². The van der Waals surface area contributed by atoms with Gasteiger partial charge in [-0.15, -0.1) is 0 Å². The van der Waals surface area contributed by atoms with Gasteiger partial charge in [-0.05, 0) is 30.7 Å². The predicted octanol–water partition coefficient (Wildman–Crippen LogP) is 2.17. The van der Waals surface area contributed by atoms with Crippen LogP contribution in [0.5, 0.6) is 0 Å². The summed E-state index contributed by atoms with van der Waals surface area (Å²) >= 11 is 0. The number of hydrogen-bond donors (Lipinski definition) is 2. The van der Waals surface area contributed by atoms with Gasteiger partial charge in [-0.25, -0.2) is 0 Å². The molecule has 3 rings (SSSR count). The van der Waals surface area contributed by atoms with Gasteiger partial charge in [0.1, 0.15) is 0 Å². The Labute approximate surface area is 140 Å². The Morgan fingerprint density at radius 3 is 2.96 bits per heavy atom. The van der Waals surface area contributed by atoms with Crippen LogP contribution in [0.15, 0.2) is 42.6 Å². The van der Waals surface area contributed by atoms with Crippen LogP contribution in [-0.4, -0.2) is 39.0 Å². The van der Waals surface area contributed by atoms with Crippen molar-refractivity contribution in [1.29, 1.82) is 0 Å². The quantitative estimate of drug-likeness (QED) is 0.624. The first-order chi connectivity index (χ1) is 11.7. The summed E-state index contributed by atoms with van der Waals surface area (Å²) in [6.45, 7) is 2.30. The van der Waals surface area contributed by atoms with Crippen LogP contribution in [0.3, 0.4) is 0 Å². The highest BCUT2D eigenvalue weighted by molar-refractivity contribution is 5.55. The van der Waals surface area contributed by atoms with E-state index >= 15 is 0 Å². The number of rotatable bonds is 6. The molecule has 0 spiro atoms. The lowest BCUT2D eigenvalue weighted by molar-refractivity contribution is -0.385. The van der Waals surface area contributed by atoms with E-state index in [0.29, 0.717) is 11.3 Å². The molecule has 0 bridgehead atoms. The van der Waals surface area contributed by atoms with Crippen molar-refractivity contribution in [2.45, 2.75) is 25.6 Å². The fourth-order valence-corrected chi connectivity index (χ4v) is 3.01. The number of aromatic nitrogens is 1. The summed E-state index contributed by atoms with van der Waals surface area (Å²) in [5, 5.41) is 23.6. The van der Waals surface area contributed by atoms with E-state index in [1.54, 1.807) is 18.3 Å². The molecule has 2 N–H and O–H groups in total. The van der Waals surface area contributed by atoms with Gasteiger partial charge in [0.25, 0.3) is 5.69 Å². The van der Waals surface area contributed by atoms with Gasteiger partial charge < -0.3 is 10.4 Å². The molecule has 1 unspecified atom stereocenters. The van der Waals surface area contributed by atoms with Crippen molar-refractivity contribution in [3.63, 3.8) is 0 Å². The van der Waals surface area contributed by atoms with Gasteiger partial charge in [-0.3, -0.25) is 20.0 Å². The van der Waals surface area contributed by atoms with Gasteiger partial charge in [0, 0.05) is 43.6 Å². The molecule has 0 radical (unpaired) electrons. The summed E-state index contributed by atoms with van der Waals surface area (Å²) in [5.74, 6) is 0. The molecule has 1 aromatic heterocycles. The minimum Gasteiger partial charge on any atom is -0.391 e. The number of aliphatic hydroxyl groups excluding tert-OH is 1. The Balaban J connectivity index is 1.61. The first-order valence-electron chi connectivity index (χ1n) is 7.92. The van der Waals surface area contributed by atoms with Gasteiger partial charge in [-0.1, -0.05) is 6.07 Å². The smallest absolute Gasteiger partial charge is 0.276 e.